The molecule has 0 saturated carbocycles. The molecule has 0 aromatic heterocycles. The van der Waals surface area contributed by atoms with Gasteiger partial charge in [-0.25, -0.2) is 0 Å². The van der Waals surface area contributed by atoms with Gasteiger partial charge in [0.15, 0.2) is 5.60 Å². The van der Waals surface area contributed by atoms with E-state index >= 15 is 0 Å². The highest BCUT2D eigenvalue weighted by molar-refractivity contribution is 5.85. The minimum atomic E-state index is -1.70. The molecule has 5 nitrogen and oxygen atoms in total. The van der Waals surface area contributed by atoms with E-state index in [0.29, 0.717) is 18.7 Å². The van der Waals surface area contributed by atoms with Gasteiger partial charge in [0.2, 0.25) is 0 Å². The number of nitrogens with two attached hydrogens (primary N) is 1. The zero-order chi connectivity index (χ0) is 17.4. The first-order valence-corrected chi connectivity index (χ1v) is 7.96. The Bertz CT molecular complexity index is 634. The highest BCUT2D eigenvalue weighted by Gasteiger charge is 2.36. The lowest BCUT2D eigenvalue weighted by Gasteiger charge is -2.30. The van der Waals surface area contributed by atoms with Gasteiger partial charge in [-0.1, -0.05) is 48.5 Å². The molecule has 0 radical (unpaired) electrons. The fourth-order valence-electron chi connectivity index (χ4n) is 2.54. The van der Waals surface area contributed by atoms with E-state index in [0.717, 1.165) is 12.2 Å². The molecule has 5 heteroatoms. The third-order valence-corrected chi connectivity index (χ3v) is 3.85. The van der Waals surface area contributed by atoms with Crippen molar-refractivity contribution >= 4 is 5.91 Å². The lowest BCUT2D eigenvalue weighted by atomic mass is 9.92. The summed E-state index contributed by atoms with van der Waals surface area (Å²) in [6.07, 6.45) is 0.773. The predicted molar refractivity (Wildman–Crippen MR) is 93.6 cm³/mol. The second kappa shape index (κ2) is 8.47. The summed E-state index contributed by atoms with van der Waals surface area (Å²) in [4.78, 5) is 13.7. The lowest BCUT2D eigenvalue weighted by Crippen LogP contribution is -2.49. The van der Waals surface area contributed by atoms with E-state index in [-0.39, 0.29) is 6.54 Å². The number of rotatable bonds is 9. The normalized spacial score (nSPS) is 13.5. The average molecular weight is 328 g/mol. The first-order chi connectivity index (χ1) is 11.5. The zero-order valence-electron chi connectivity index (χ0n) is 13.9. The molecule has 0 saturated heterocycles. The smallest absolute Gasteiger partial charge is 0.255 e. The lowest BCUT2D eigenvalue weighted by molar-refractivity contribution is -0.139. The molecular formula is C19H24N2O3. The second-order valence-corrected chi connectivity index (χ2v) is 5.84. The molecule has 0 spiro atoms. The molecule has 0 heterocycles. The summed E-state index contributed by atoms with van der Waals surface area (Å²) >= 11 is 0. The van der Waals surface area contributed by atoms with Crippen molar-refractivity contribution < 1.29 is 14.6 Å². The molecule has 24 heavy (non-hydrogen) atoms. The number of aliphatic hydroxyl groups is 1. The molecule has 0 fully saturated rings. The van der Waals surface area contributed by atoms with Crippen LogP contribution in [0.4, 0.5) is 0 Å². The monoisotopic (exact) mass is 328 g/mol. The Balaban J connectivity index is 1.85. The number of carbonyl (C=O) groups excluding carboxylic acids is 1. The van der Waals surface area contributed by atoms with Gasteiger partial charge in [-0.15, -0.1) is 0 Å². The summed E-state index contributed by atoms with van der Waals surface area (Å²) in [6.45, 7) is 1.38. The van der Waals surface area contributed by atoms with Gasteiger partial charge in [-0.05, 0) is 31.2 Å². The molecule has 0 bridgehead atoms. The summed E-state index contributed by atoms with van der Waals surface area (Å²) in [5.74, 6) is 0.0826. The van der Waals surface area contributed by atoms with Crippen LogP contribution in [0.25, 0.3) is 0 Å². The number of likely N-dealkylation sites (N-methyl/N-ethyl adjacent to an activating group) is 1. The first kappa shape index (κ1) is 18.0. The van der Waals surface area contributed by atoms with Crippen LogP contribution in [-0.4, -0.2) is 42.7 Å². The Morgan fingerprint density at radius 1 is 1.12 bits per heavy atom. The fraction of sp³-hybridized carbons (Fsp3) is 0.316. The topological polar surface area (TPSA) is 75.8 Å². The summed E-state index contributed by atoms with van der Waals surface area (Å²) in [7, 11) is 1.85. The Morgan fingerprint density at radius 2 is 1.71 bits per heavy atom. The summed E-state index contributed by atoms with van der Waals surface area (Å²) < 4.78 is 5.64. The van der Waals surface area contributed by atoms with Crippen molar-refractivity contribution in [3.63, 3.8) is 0 Å². The van der Waals surface area contributed by atoms with E-state index in [9.17, 15) is 9.90 Å². The van der Waals surface area contributed by atoms with Gasteiger partial charge in [0, 0.05) is 13.1 Å². The molecule has 128 valence electrons. The van der Waals surface area contributed by atoms with Gasteiger partial charge in [-0.2, -0.15) is 0 Å². The maximum Gasteiger partial charge on any atom is 0.255 e. The number of hydrogen-bond acceptors (Lipinski definition) is 4. The van der Waals surface area contributed by atoms with E-state index in [1.165, 1.54) is 0 Å². The molecule has 0 aliphatic rings. The van der Waals surface area contributed by atoms with Crippen molar-refractivity contribution in [3.05, 3.63) is 66.2 Å². The largest absolute Gasteiger partial charge is 0.494 e. The minimum absolute atomic E-state index is 0.137. The van der Waals surface area contributed by atoms with Crippen LogP contribution in [-0.2, 0) is 10.4 Å². The number of primary amides is 1. The summed E-state index contributed by atoms with van der Waals surface area (Å²) in [6, 6.07) is 18.4. The Kier molecular flexibility index (Phi) is 6.35. The molecule has 0 aliphatic heterocycles. The van der Waals surface area contributed by atoms with Gasteiger partial charge >= 0.3 is 0 Å². The Morgan fingerprint density at radius 3 is 2.29 bits per heavy atom. The standard InChI is InChI=1S/C19H24N2O3/c1-21(13-8-14-24-17-11-6-3-7-12-17)15-19(23,18(20)22)16-9-4-2-5-10-16/h2-7,9-12,23H,8,13-15H2,1H3,(H2,20,22)/t19-/m0/s1. The van der Waals surface area contributed by atoms with E-state index in [4.69, 9.17) is 10.5 Å². The third kappa shape index (κ3) is 4.81. The summed E-state index contributed by atoms with van der Waals surface area (Å²) in [5.41, 5.74) is 4.25. The number of carbonyl (C=O) groups is 1. The van der Waals surface area contributed by atoms with E-state index in [2.05, 4.69) is 0 Å². The van der Waals surface area contributed by atoms with Crippen molar-refractivity contribution in [2.24, 2.45) is 5.73 Å². The third-order valence-electron chi connectivity index (χ3n) is 3.85. The zero-order valence-corrected chi connectivity index (χ0v) is 13.9. The molecular weight excluding hydrogens is 304 g/mol. The van der Waals surface area contributed by atoms with Gasteiger partial charge in [0.25, 0.3) is 5.91 Å². The van der Waals surface area contributed by atoms with Crippen molar-refractivity contribution in [1.82, 2.24) is 4.90 Å². The van der Waals surface area contributed by atoms with Gasteiger partial charge in [0.1, 0.15) is 5.75 Å². The van der Waals surface area contributed by atoms with E-state index in [1.807, 2.05) is 48.3 Å². The van der Waals surface area contributed by atoms with E-state index in [1.54, 1.807) is 24.3 Å². The molecule has 0 unspecified atom stereocenters. The molecule has 3 N–H and O–H groups in total. The SMILES string of the molecule is CN(CCCOc1ccccc1)C[C@@](O)(C(N)=O)c1ccccc1. The molecule has 2 aromatic rings. The van der Waals surface area contributed by atoms with Crippen LogP contribution in [0.1, 0.15) is 12.0 Å². The number of para-hydroxylation sites is 1. The molecule has 2 aromatic carbocycles. The van der Waals surface area contributed by atoms with Gasteiger partial charge in [0.05, 0.1) is 6.61 Å². The van der Waals surface area contributed by atoms with Crippen molar-refractivity contribution in [1.29, 1.82) is 0 Å². The second-order valence-electron chi connectivity index (χ2n) is 5.84. The van der Waals surface area contributed by atoms with Crippen LogP contribution in [0.2, 0.25) is 0 Å². The number of ether oxygens (including phenoxy) is 1. The van der Waals surface area contributed by atoms with Gasteiger partial charge < -0.3 is 20.5 Å². The van der Waals surface area contributed by atoms with Crippen LogP contribution in [0.5, 0.6) is 5.75 Å². The maximum absolute atomic E-state index is 11.8. The van der Waals surface area contributed by atoms with Crippen molar-refractivity contribution in [3.8, 4) is 5.75 Å². The van der Waals surface area contributed by atoms with E-state index < -0.39 is 11.5 Å². The van der Waals surface area contributed by atoms with Crippen LogP contribution in [0, 0.1) is 0 Å². The maximum atomic E-state index is 11.8. The molecule has 1 atom stereocenters. The van der Waals surface area contributed by atoms with Crippen LogP contribution in [0.15, 0.2) is 60.7 Å². The number of benzene rings is 2. The van der Waals surface area contributed by atoms with Crippen LogP contribution < -0.4 is 10.5 Å². The summed E-state index contributed by atoms with van der Waals surface area (Å²) in [5, 5.41) is 10.7. The minimum Gasteiger partial charge on any atom is -0.494 e. The highest BCUT2D eigenvalue weighted by atomic mass is 16.5. The van der Waals surface area contributed by atoms with Crippen LogP contribution in [0.3, 0.4) is 0 Å². The predicted octanol–water partition coefficient (Wildman–Crippen LogP) is 1.76. The quantitative estimate of drug-likeness (QED) is 0.688. The number of amides is 1. The average Bonchev–Trinajstić information content (AvgIpc) is 2.60. The number of hydrogen-bond donors (Lipinski definition) is 2. The van der Waals surface area contributed by atoms with Gasteiger partial charge in [-0.3, -0.25) is 4.79 Å². The number of nitrogens with zero attached hydrogens (tertiary/aromatic N) is 1. The van der Waals surface area contributed by atoms with Crippen LogP contribution >= 0.6 is 0 Å². The highest BCUT2D eigenvalue weighted by Crippen LogP contribution is 2.21. The molecule has 2 rings (SSSR count). The fourth-order valence-corrected chi connectivity index (χ4v) is 2.54. The Hall–Kier alpha value is -2.37. The molecule has 1 amide bonds. The van der Waals surface area contributed by atoms with Crippen molar-refractivity contribution in [2.75, 3.05) is 26.7 Å². The first-order valence-electron chi connectivity index (χ1n) is 7.96. The molecule has 0 aliphatic carbocycles. The Labute approximate surface area is 142 Å². The van der Waals surface area contributed by atoms with Crippen molar-refractivity contribution in [2.45, 2.75) is 12.0 Å².